The predicted octanol–water partition coefficient (Wildman–Crippen LogP) is 3.99. The summed E-state index contributed by atoms with van der Waals surface area (Å²) in [4.78, 5) is 25.5. The molecule has 7 heteroatoms. The molecular formula is C17H16Cl2N2O3. The number of carbonyl (C=O) groups is 2. The number of hydrogen-bond acceptors (Lipinski definition) is 3. The normalized spacial score (nSPS) is 10.2. The summed E-state index contributed by atoms with van der Waals surface area (Å²) < 4.78 is 5.14. The van der Waals surface area contributed by atoms with Crippen LogP contribution in [0.25, 0.3) is 0 Å². The number of nitrogens with zero attached hydrogens (tertiary/aromatic N) is 1. The van der Waals surface area contributed by atoms with Gasteiger partial charge in [-0.15, -0.1) is 0 Å². The topological polar surface area (TPSA) is 58.6 Å². The molecule has 0 saturated carbocycles. The number of anilines is 2. The van der Waals surface area contributed by atoms with Crippen molar-refractivity contribution in [1.82, 2.24) is 0 Å². The first-order chi connectivity index (χ1) is 11.4. The summed E-state index contributed by atoms with van der Waals surface area (Å²) in [5.41, 5.74) is 0.956. The molecule has 0 unspecified atom stereocenters. The van der Waals surface area contributed by atoms with Gasteiger partial charge in [-0.1, -0.05) is 35.3 Å². The second-order valence-corrected chi connectivity index (χ2v) is 5.74. The molecule has 2 aromatic rings. The highest BCUT2D eigenvalue weighted by Crippen LogP contribution is 2.29. The molecule has 0 atom stereocenters. The predicted molar refractivity (Wildman–Crippen MR) is 96.1 cm³/mol. The van der Waals surface area contributed by atoms with E-state index in [2.05, 4.69) is 5.32 Å². The summed E-state index contributed by atoms with van der Waals surface area (Å²) >= 11 is 12.0. The number of nitrogens with one attached hydrogen (secondary N) is 1. The maximum absolute atomic E-state index is 12.3. The molecule has 0 spiro atoms. The minimum atomic E-state index is -0.391. The number of carbonyl (C=O) groups excluding carboxylic acids is 2. The van der Waals surface area contributed by atoms with Gasteiger partial charge in [-0.2, -0.15) is 0 Å². The molecule has 0 fully saturated rings. The zero-order chi connectivity index (χ0) is 17.7. The Hall–Kier alpha value is -2.24. The standard InChI is InChI=1S/C17H16Cl2N2O3/c1-11(22)21(12-5-3-6-13(9-12)24-2)10-16(23)20-15-8-4-7-14(18)17(15)19/h3-9H,10H2,1-2H3,(H,20,23). The van der Waals surface area contributed by atoms with Gasteiger partial charge in [-0.25, -0.2) is 0 Å². The number of hydrogen-bond donors (Lipinski definition) is 1. The molecule has 0 aliphatic rings. The van der Waals surface area contributed by atoms with Crippen molar-refractivity contribution in [1.29, 1.82) is 0 Å². The summed E-state index contributed by atoms with van der Waals surface area (Å²) in [6.07, 6.45) is 0. The first-order valence-electron chi connectivity index (χ1n) is 7.08. The minimum absolute atomic E-state index is 0.161. The maximum Gasteiger partial charge on any atom is 0.244 e. The van der Waals surface area contributed by atoms with Crippen LogP contribution in [0.5, 0.6) is 5.75 Å². The highest BCUT2D eigenvalue weighted by molar-refractivity contribution is 6.44. The first kappa shape index (κ1) is 18.1. The fourth-order valence-corrected chi connectivity index (χ4v) is 2.44. The summed E-state index contributed by atoms with van der Waals surface area (Å²) in [7, 11) is 1.53. The lowest BCUT2D eigenvalue weighted by Gasteiger charge is -2.21. The molecule has 0 aromatic heterocycles. The Morgan fingerprint density at radius 3 is 2.54 bits per heavy atom. The number of methoxy groups -OCH3 is 1. The van der Waals surface area contributed by atoms with Crippen LogP contribution in [-0.2, 0) is 9.59 Å². The Bertz CT molecular complexity index is 765. The molecule has 24 heavy (non-hydrogen) atoms. The average Bonchev–Trinajstić information content (AvgIpc) is 2.56. The fourth-order valence-electron chi connectivity index (χ4n) is 2.10. The van der Waals surface area contributed by atoms with Crippen molar-refractivity contribution in [2.45, 2.75) is 6.92 Å². The van der Waals surface area contributed by atoms with Gasteiger partial charge in [0, 0.05) is 18.7 Å². The summed E-state index contributed by atoms with van der Waals surface area (Å²) in [5.74, 6) is -0.0650. The van der Waals surface area contributed by atoms with E-state index in [1.165, 1.54) is 18.9 Å². The van der Waals surface area contributed by atoms with Gasteiger partial charge in [-0.3, -0.25) is 9.59 Å². The van der Waals surface area contributed by atoms with E-state index in [4.69, 9.17) is 27.9 Å². The van der Waals surface area contributed by atoms with Crippen LogP contribution >= 0.6 is 23.2 Å². The quantitative estimate of drug-likeness (QED) is 0.869. The Morgan fingerprint density at radius 1 is 1.17 bits per heavy atom. The Kier molecular flexibility index (Phi) is 6.06. The molecule has 1 N–H and O–H groups in total. The van der Waals surface area contributed by atoms with Crippen molar-refractivity contribution >= 4 is 46.4 Å². The van der Waals surface area contributed by atoms with E-state index in [0.717, 1.165) is 0 Å². The Balaban J connectivity index is 2.17. The van der Waals surface area contributed by atoms with Crippen molar-refractivity contribution in [3.05, 3.63) is 52.5 Å². The van der Waals surface area contributed by atoms with Gasteiger partial charge in [0.15, 0.2) is 0 Å². The largest absolute Gasteiger partial charge is 0.497 e. The molecule has 0 aliphatic carbocycles. The van der Waals surface area contributed by atoms with Crippen LogP contribution in [0.1, 0.15) is 6.92 Å². The molecule has 0 radical (unpaired) electrons. The van der Waals surface area contributed by atoms with Crippen LogP contribution in [0.2, 0.25) is 10.0 Å². The van der Waals surface area contributed by atoms with E-state index in [1.54, 1.807) is 42.5 Å². The molecular weight excluding hydrogens is 351 g/mol. The van der Waals surface area contributed by atoms with E-state index in [1.807, 2.05) is 0 Å². The summed E-state index contributed by atoms with van der Waals surface area (Å²) in [5, 5.41) is 3.25. The number of amides is 2. The molecule has 0 heterocycles. The summed E-state index contributed by atoms with van der Waals surface area (Å²) in [6.45, 7) is 1.23. The zero-order valence-electron chi connectivity index (χ0n) is 13.2. The number of halogens is 2. The smallest absolute Gasteiger partial charge is 0.244 e. The van der Waals surface area contributed by atoms with Gasteiger partial charge in [-0.05, 0) is 24.3 Å². The number of ether oxygens (including phenoxy) is 1. The second-order valence-electron chi connectivity index (χ2n) is 4.96. The second kappa shape index (κ2) is 8.04. The van der Waals surface area contributed by atoms with Crippen LogP contribution in [0, 0.1) is 0 Å². The van der Waals surface area contributed by atoms with Crippen LogP contribution in [0.4, 0.5) is 11.4 Å². The van der Waals surface area contributed by atoms with Crippen molar-refractivity contribution in [3.8, 4) is 5.75 Å². The average molecular weight is 367 g/mol. The lowest BCUT2D eigenvalue weighted by Crippen LogP contribution is -2.36. The third-order valence-electron chi connectivity index (χ3n) is 3.27. The van der Waals surface area contributed by atoms with Crippen LogP contribution in [0.15, 0.2) is 42.5 Å². The minimum Gasteiger partial charge on any atom is -0.497 e. The number of benzene rings is 2. The molecule has 2 aromatic carbocycles. The molecule has 0 bridgehead atoms. The zero-order valence-corrected chi connectivity index (χ0v) is 14.7. The molecule has 0 aliphatic heterocycles. The van der Waals surface area contributed by atoms with Gasteiger partial charge in [0.05, 0.1) is 22.8 Å². The van der Waals surface area contributed by atoms with Gasteiger partial charge in [0.25, 0.3) is 0 Å². The van der Waals surface area contributed by atoms with Crippen molar-refractivity contribution < 1.29 is 14.3 Å². The fraction of sp³-hybridized carbons (Fsp3) is 0.176. The molecule has 0 saturated heterocycles. The van der Waals surface area contributed by atoms with Crippen LogP contribution in [-0.4, -0.2) is 25.5 Å². The van der Waals surface area contributed by atoms with Gasteiger partial charge in [0.2, 0.25) is 11.8 Å². The summed E-state index contributed by atoms with van der Waals surface area (Å²) in [6, 6.07) is 11.8. The van der Waals surface area contributed by atoms with E-state index in [9.17, 15) is 9.59 Å². The molecule has 5 nitrogen and oxygen atoms in total. The van der Waals surface area contributed by atoms with Crippen LogP contribution < -0.4 is 15.0 Å². The van der Waals surface area contributed by atoms with Gasteiger partial charge in [0.1, 0.15) is 12.3 Å². The van der Waals surface area contributed by atoms with Crippen LogP contribution in [0.3, 0.4) is 0 Å². The highest BCUT2D eigenvalue weighted by atomic mass is 35.5. The molecule has 2 amide bonds. The lowest BCUT2D eigenvalue weighted by molar-refractivity contribution is -0.120. The van der Waals surface area contributed by atoms with E-state index >= 15 is 0 Å². The third kappa shape index (κ3) is 4.40. The number of rotatable bonds is 5. The monoisotopic (exact) mass is 366 g/mol. The highest BCUT2D eigenvalue weighted by Gasteiger charge is 2.17. The first-order valence-corrected chi connectivity index (χ1v) is 7.84. The van der Waals surface area contributed by atoms with Crippen molar-refractivity contribution in [2.24, 2.45) is 0 Å². The van der Waals surface area contributed by atoms with Crippen molar-refractivity contribution in [2.75, 3.05) is 23.9 Å². The van der Waals surface area contributed by atoms with Crippen molar-refractivity contribution in [3.63, 3.8) is 0 Å². The molecule has 126 valence electrons. The SMILES string of the molecule is COc1cccc(N(CC(=O)Nc2cccc(Cl)c2Cl)C(C)=O)c1. The Labute approximate surface area is 150 Å². The van der Waals surface area contributed by atoms with E-state index in [0.29, 0.717) is 22.1 Å². The Morgan fingerprint density at radius 2 is 1.88 bits per heavy atom. The van der Waals surface area contributed by atoms with Gasteiger partial charge < -0.3 is 15.0 Å². The van der Waals surface area contributed by atoms with E-state index in [-0.39, 0.29) is 17.5 Å². The van der Waals surface area contributed by atoms with E-state index < -0.39 is 5.91 Å². The van der Waals surface area contributed by atoms with Gasteiger partial charge >= 0.3 is 0 Å². The third-order valence-corrected chi connectivity index (χ3v) is 4.09. The lowest BCUT2D eigenvalue weighted by atomic mass is 10.2. The molecule has 2 rings (SSSR count). The maximum atomic E-state index is 12.3.